The van der Waals surface area contributed by atoms with Gasteiger partial charge >= 0.3 is 5.91 Å². The summed E-state index contributed by atoms with van der Waals surface area (Å²) in [6.45, 7) is 0. The van der Waals surface area contributed by atoms with Crippen LogP contribution in [0.5, 0.6) is 0 Å². The maximum atomic E-state index is 13.0. The number of aliphatic hydroxyl groups excluding tert-OH is 1. The van der Waals surface area contributed by atoms with Crippen LogP contribution in [0.3, 0.4) is 0 Å². The number of nitrogens with zero attached hydrogens (tertiary/aromatic N) is 1. The second kappa shape index (κ2) is 6.16. The number of carbonyl (C=O) groups is 2. The number of imide groups is 1. The van der Waals surface area contributed by atoms with Crippen LogP contribution in [0.1, 0.15) is 5.56 Å². The average Bonchev–Trinajstić information content (AvgIpc) is 2.84. The molecule has 0 radical (unpaired) electrons. The largest absolute Gasteiger partial charge is 0.502 e. The van der Waals surface area contributed by atoms with Gasteiger partial charge in [-0.25, -0.2) is 4.90 Å². The van der Waals surface area contributed by atoms with Gasteiger partial charge in [-0.05, 0) is 23.6 Å². The Bertz CT molecular complexity index is 1120. The summed E-state index contributed by atoms with van der Waals surface area (Å²) in [5, 5.41) is 12.5. The first kappa shape index (κ1) is 16.6. The maximum absolute atomic E-state index is 13.0. The number of hydrogen-bond acceptors (Lipinski definition) is 3. The van der Waals surface area contributed by atoms with Crippen LogP contribution in [0, 0.1) is 0 Å². The van der Waals surface area contributed by atoms with Gasteiger partial charge in [0.05, 0.1) is 16.3 Å². The molecule has 4 nitrogen and oxygen atoms in total. The average molecular weight is 384 g/mol. The zero-order valence-electron chi connectivity index (χ0n) is 13.2. The summed E-state index contributed by atoms with van der Waals surface area (Å²) in [5.41, 5.74) is 0.531. The quantitative estimate of drug-likeness (QED) is 0.634. The van der Waals surface area contributed by atoms with Gasteiger partial charge < -0.3 is 5.11 Å². The minimum Gasteiger partial charge on any atom is -0.502 e. The summed E-state index contributed by atoms with van der Waals surface area (Å²) in [6.07, 6.45) is 0. The Morgan fingerprint density at radius 3 is 2.35 bits per heavy atom. The lowest BCUT2D eigenvalue weighted by Crippen LogP contribution is -2.31. The Balaban J connectivity index is 1.87. The lowest BCUT2D eigenvalue weighted by molar-refractivity contribution is -0.121. The van der Waals surface area contributed by atoms with Gasteiger partial charge in [-0.2, -0.15) is 0 Å². The van der Waals surface area contributed by atoms with Crippen LogP contribution < -0.4 is 4.90 Å². The Hall–Kier alpha value is -2.82. The molecule has 1 aliphatic heterocycles. The SMILES string of the molecule is O=C1C(O)=C(c2ccc(Cl)cc2Cl)C(=O)N1c1cccc2ccccc12. The molecule has 128 valence electrons. The Labute approximate surface area is 158 Å². The minimum absolute atomic E-state index is 0.135. The van der Waals surface area contributed by atoms with Crippen molar-refractivity contribution >= 4 is 57.0 Å². The van der Waals surface area contributed by atoms with Gasteiger partial charge in [0.25, 0.3) is 5.91 Å². The summed E-state index contributed by atoms with van der Waals surface area (Å²) < 4.78 is 0. The molecule has 0 aliphatic carbocycles. The highest BCUT2D eigenvalue weighted by Gasteiger charge is 2.41. The van der Waals surface area contributed by atoms with Crippen LogP contribution in [0.25, 0.3) is 16.3 Å². The molecule has 4 rings (SSSR count). The summed E-state index contributed by atoms with van der Waals surface area (Å²) in [4.78, 5) is 26.6. The number of benzene rings is 3. The van der Waals surface area contributed by atoms with E-state index in [1.165, 1.54) is 12.1 Å². The summed E-state index contributed by atoms with van der Waals surface area (Å²) in [6, 6.07) is 17.2. The van der Waals surface area contributed by atoms with Gasteiger partial charge in [0.15, 0.2) is 5.76 Å². The number of carbonyl (C=O) groups excluding carboxylic acids is 2. The molecule has 2 amide bonds. The molecule has 1 aliphatic rings. The van der Waals surface area contributed by atoms with Crippen molar-refractivity contribution in [3.63, 3.8) is 0 Å². The highest BCUT2D eigenvalue weighted by Crippen LogP contribution is 2.38. The first-order valence-corrected chi connectivity index (χ1v) is 8.50. The number of hydrogen-bond donors (Lipinski definition) is 1. The molecule has 0 unspecified atom stereocenters. The van der Waals surface area contributed by atoms with Crippen molar-refractivity contribution in [1.29, 1.82) is 0 Å². The first-order valence-electron chi connectivity index (χ1n) is 7.74. The predicted octanol–water partition coefficient (Wildman–Crippen LogP) is 4.99. The fourth-order valence-electron chi connectivity index (χ4n) is 3.08. The van der Waals surface area contributed by atoms with E-state index in [0.29, 0.717) is 10.7 Å². The van der Waals surface area contributed by atoms with Gasteiger partial charge in [0.1, 0.15) is 0 Å². The van der Waals surface area contributed by atoms with Crippen molar-refractivity contribution in [3.05, 3.63) is 82.0 Å². The van der Waals surface area contributed by atoms with Crippen molar-refractivity contribution in [2.24, 2.45) is 0 Å². The van der Waals surface area contributed by atoms with Gasteiger partial charge in [-0.1, -0.05) is 65.7 Å². The number of aliphatic hydroxyl groups is 1. The molecule has 26 heavy (non-hydrogen) atoms. The van der Waals surface area contributed by atoms with Crippen molar-refractivity contribution < 1.29 is 14.7 Å². The van der Waals surface area contributed by atoms with E-state index in [0.717, 1.165) is 15.7 Å². The number of halogens is 2. The van der Waals surface area contributed by atoms with E-state index in [9.17, 15) is 14.7 Å². The van der Waals surface area contributed by atoms with Crippen molar-refractivity contribution in [3.8, 4) is 0 Å². The maximum Gasteiger partial charge on any atom is 0.301 e. The zero-order chi connectivity index (χ0) is 18.4. The van der Waals surface area contributed by atoms with E-state index in [1.54, 1.807) is 18.2 Å². The van der Waals surface area contributed by atoms with Gasteiger partial charge in [-0.15, -0.1) is 0 Å². The van der Waals surface area contributed by atoms with E-state index in [4.69, 9.17) is 23.2 Å². The summed E-state index contributed by atoms with van der Waals surface area (Å²) in [7, 11) is 0. The minimum atomic E-state index is -0.785. The molecule has 0 saturated carbocycles. The van der Waals surface area contributed by atoms with Crippen molar-refractivity contribution in [1.82, 2.24) is 0 Å². The summed E-state index contributed by atoms with van der Waals surface area (Å²) in [5.74, 6) is -2.05. The van der Waals surface area contributed by atoms with Crippen molar-refractivity contribution in [2.45, 2.75) is 0 Å². The van der Waals surface area contributed by atoms with Crippen molar-refractivity contribution in [2.75, 3.05) is 4.90 Å². The van der Waals surface area contributed by atoms with Gasteiger partial charge in [0, 0.05) is 16.0 Å². The standard InChI is InChI=1S/C20H11Cl2NO3/c21-12-8-9-14(15(22)10-12)17-18(24)20(26)23(19(17)25)16-7-3-5-11-4-1-2-6-13(11)16/h1-10,24H. The molecule has 3 aromatic rings. The monoisotopic (exact) mass is 383 g/mol. The second-order valence-electron chi connectivity index (χ2n) is 5.79. The predicted molar refractivity (Wildman–Crippen MR) is 102 cm³/mol. The first-order chi connectivity index (χ1) is 12.5. The molecular formula is C20H11Cl2NO3. The highest BCUT2D eigenvalue weighted by molar-refractivity contribution is 6.47. The third-order valence-electron chi connectivity index (χ3n) is 4.27. The molecule has 1 N–H and O–H groups in total. The Morgan fingerprint density at radius 1 is 0.846 bits per heavy atom. The lowest BCUT2D eigenvalue weighted by atomic mass is 10.0. The van der Waals surface area contributed by atoms with E-state index in [2.05, 4.69) is 0 Å². The Morgan fingerprint density at radius 2 is 1.58 bits per heavy atom. The van der Waals surface area contributed by atoms with Crippen LogP contribution in [0.15, 0.2) is 66.4 Å². The molecule has 3 aromatic carbocycles. The molecule has 0 bridgehead atoms. The normalized spacial score (nSPS) is 14.6. The Kier molecular flexibility index (Phi) is 3.94. The van der Waals surface area contributed by atoms with Crippen LogP contribution in [-0.4, -0.2) is 16.9 Å². The third kappa shape index (κ3) is 2.46. The molecule has 0 saturated heterocycles. The topological polar surface area (TPSA) is 57.6 Å². The number of amides is 2. The summed E-state index contributed by atoms with van der Waals surface area (Å²) >= 11 is 12.1. The molecule has 0 spiro atoms. The smallest absolute Gasteiger partial charge is 0.301 e. The lowest BCUT2D eigenvalue weighted by Gasteiger charge is -2.17. The van der Waals surface area contributed by atoms with E-state index < -0.39 is 17.6 Å². The van der Waals surface area contributed by atoms with Gasteiger partial charge in [-0.3, -0.25) is 9.59 Å². The number of anilines is 1. The molecule has 0 aromatic heterocycles. The van der Waals surface area contributed by atoms with E-state index in [-0.39, 0.29) is 16.2 Å². The van der Waals surface area contributed by atoms with Crippen LogP contribution in [-0.2, 0) is 9.59 Å². The zero-order valence-corrected chi connectivity index (χ0v) is 14.8. The second-order valence-corrected chi connectivity index (χ2v) is 6.64. The molecule has 0 fully saturated rings. The number of rotatable bonds is 2. The fourth-order valence-corrected chi connectivity index (χ4v) is 3.58. The molecular weight excluding hydrogens is 373 g/mol. The number of fused-ring (bicyclic) bond motifs is 1. The fraction of sp³-hybridized carbons (Fsp3) is 0. The highest BCUT2D eigenvalue weighted by atomic mass is 35.5. The van der Waals surface area contributed by atoms with Crippen LogP contribution in [0.2, 0.25) is 10.0 Å². The van der Waals surface area contributed by atoms with Crippen LogP contribution in [0.4, 0.5) is 5.69 Å². The van der Waals surface area contributed by atoms with Crippen LogP contribution >= 0.6 is 23.2 Å². The van der Waals surface area contributed by atoms with Gasteiger partial charge in [0.2, 0.25) is 0 Å². The van der Waals surface area contributed by atoms with E-state index in [1.807, 2.05) is 30.3 Å². The molecule has 0 atom stereocenters. The molecule has 6 heteroatoms. The third-order valence-corrected chi connectivity index (χ3v) is 4.82. The van der Waals surface area contributed by atoms with E-state index >= 15 is 0 Å². The molecule has 1 heterocycles.